The van der Waals surface area contributed by atoms with Crippen molar-refractivity contribution < 1.29 is 13.2 Å². The topological polar surface area (TPSA) is 88.2 Å². The van der Waals surface area contributed by atoms with Gasteiger partial charge < -0.3 is 0 Å². The Hall–Kier alpha value is -2.71. The number of aryl methyl sites for hydroxylation is 1. The summed E-state index contributed by atoms with van der Waals surface area (Å²) in [6, 6.07) is 13.0. The number of hydrogen-bond donors (Lipinski definition) is 2. The predicted molar refractivity (Wildman–Crippen MR) is 117 cm³/mol. The molecule has 1 amide bonds. The number of para-hydroxylation sites is 1. The summed E-state index contributed by atoms with van der Waals surface area (Å²) in [5, 5.41) is 5.13. The summed E-state index contributed by atoms with van der Waals surface area (Å²) < 4.78 is 27.9. The van der Waals surface area contributed by atoms with Crippen LogP contribution >= 0.6 is 11.3 Å². The van der Waals surface area contributed by atoms with Gasteiger partial charge in [0.2, 0.25) is 0 Å². The average Bonchev–Trinajstić information content (AvgIpc) is 3.11. The van der Waals surface area contributed by atoms with Gasteiger partial charge in [-0.05, 0) is 31.2 Å². The van der Waals surface area contributed by atoms with Gasteiger partial charge in [0.1, 0.15) is 0 Å². The predicted octanol–water partition coefficient (Wildman–Crippen LogP) is 4.80. The van der Waals surface area contributed by atoms with Crippen molar-refractivity contribution in [3.05, 3.63) is 70.7 Å². The number of hydrogen-bond acceptors (Lipinski definition) is 5. The van der Waals surface area contributed by atoms with E-state index >= 15 is 0 Å². The van der Waals surface area contributed by atoms with Crippen LogP contribution in [-0.2, 0) is 15.4 Å². The number of carbonyl (C=O) groups is 1. The Morgan fingerprint density at radius 3 is 2.31 bits per heavy atom. The van der Waals surface area contributed by atoms with Crippen LogP contribution in [0.25, 0.3) is 0 Å². The highest BCUT2D eigenvalue weighted by Crippen LogP contribution is 2.27. The van der Waals surface area contributed by atoms with Crippen LogP contribution < -0.4 is 10.0 Å². The van der Waals surface area contributed by atoms with E-state index in [-0.39, 0.29) is 21.6 Å². The van der Waals surface area contributed by atoms with E-state index < -0.39 is 15.9 Å². The monoisotopic (exact) mass is 429 g/mol. The van der Waals surface area contributed by atoms with E-state index in [4.69, 9.17) is 0 Å². The molecule has 3 rings (SSSR count). The van der Waals surface area contributed by atoms with Gasteiger partial charge in [-0.15, -0.1) is 11.3 Å². The minimum Gasteiger partial charge on any atom is -0.298 e. The van der Waals surface area contributed by atoms with Gasteiger partial charge >= 0.3 is 0 Å². The largest absolute Gasteiger partial charge is 0.298 e. The number of anilines is 2. The van der Waals surface area contributed by atoms with Crippen molar-refractivity contribution in [2.45, 2.75) is 38.0 Å². The first-order valence-electron chi connectivity index (χ1n) is 9.02. The highest BCUT2D eigenvalue weighted by Gasteiger charge is 2.21. The molecular formula is C21H23N3O3S2. The molecule has 0 spiro atoms. The number of carbonyl (C=O) groups excluding carboxylic acids is 1. The minimum atomic E-state index is -3.82. The van der Waals surface area contributed by atoms with Crippen LogP contribution in [-0.4, -0.2) is 19.3 Å². The average molecular weight is 430 g/mol. The summed E-state index contributed by atoms with van der Waals surface area (Å²) in [6.45, 7) is 8.02. The first-order chi connectivity index (χ1) is 13.6. The Morgan fingerprint density at radius 1 is 1.03 bits per heavy atom. The maximum absolute atomic E-state index is 12.8. The van der Waals surface area contributed by atoms with Crippen molar-refractivity contribution in [2.24, 2.45) is 0 Å². The van der Waals surface area contributed by atoms with Gasteiger partial charge in [-0.3, -0.25) is 14.8 Å². The van der Waals surface area contributed by atoms with Gasteiger partial charge in [-0.2, -0.15) is 0 Å². The Morgan fingerprint density at radius 2 is 1.69 bits per heavy atom. The van der Waals surface area contributed by atoms with E-state index in [9.17, 15) is 13.2 Å². The van der Waals surface area contributed by atoms with Crippen molar-refractivity contribution in [3.63, 3.8) is 0 Å². The summed E-state index contributed by atoms with van der Waals surface area (Å²) >= 11 is 1.33. The summed E-state index contributed by atoms with van der Waals surface area (Å²) in [5.41, 5.74) is 2.14. The highest BCUT2D eigenvalue weighted by atomic mass is 32.2. The van der Waals surface area contributed by atoms with Crippen LogP contribution in [0.1, 0.15) is 42.4 Å². The molecule has 0 saturated heterocycles. The normalized spacial score (nSPS) is 11.9. The minimum absolute atomic E-state index is 0.124. The lowest BCUT2D eigenvalue weighted by molar-refractivity contribution is 0.102. The molecular weight excluding hydrogens is 406 g/mol. The van der Waals surface area contributed by atoms with Gasteiger partial charge in [-0.1, -0.05) is 50.6 Å². The molecule has 0 aliphatic rings. The molecule has 8 heteroatoms. The molecule has 0 saturated carbocycles. The van der Waals surface area contributed by atoms with Crippen molar-refractivity contribution in [1.29, 1.82) is 0 Å². The number of benzene rings is 2. The van der Waals surface area contributed by atoms with E-state index in [0.29, 0.717) is 5.13 Å². The van der Waals surface area contributed by atoms with Gasteiger partial charge in [0.25, 0.3) is 15.9 Å². The SMILES string of the molecule is Cc1ccc(S(=O)(=O)Nc2ccccc2C(=O)Nc2nc(C(C)(C)C)cs2)cc1. The molecule has 2 N–H and O–H groups in total. The van der Waals surface area contributed by atoms with Crippen molar-refractivity contribution in [2.75, 3.05) is 10.0 Å². The smallest absolute Gasteiger partial charge is 0.261 e. The zero-order chi connectivity index (χ0) is 21.2. The second-order valence-electron chi connectivity index (χ2n) is 7.71. The van der Waals surface area contributed by atoms with E-state index in [1.165, 1.54) is 23.5 Å². The second kappa shape index (κ2) is 7.96. The van der Waals surface area contributed by atoms with E-state index in [1.807, 2.05) is 33.1 Å². The summed E-state index contributed by atoms with van der Waals surface area (Å²) in [7, 11) is -3.82. The Kier molecular flexibility index (Phi) is 5.77. The molecule has 6 nitrogen and oxygen atoms in total. The third kappa shape index (κ3) is 5.02. The fraction of sp³-hybridized carbons (Fsp3) is 0.238. The van der Waals surface area contributed by atoms with Crippen molar-refractivity contribution >= 4 is 38.1 Å². The number of aromatic nitrogens is 1. The van der Waals surface area contributed by atoms with Gasteiger partial charge in [0, 0.05) is 10.8 Å². The number of nitrogens with one attached hydrogen (secondary N) is 2. The molecule has 0 radical (unpaired) electrons. The Bertz CT molecular complexity index is 1130. The van der Waals surface area contributed by atoms with E-state index in [1.54, 1.807) is 36.4 Å². The van der Waals surface area contributed by atoms with Crippen molar-refractivity contribution in [3.8, 4) is 0 Å². The van der Waals surface area contributed by atoms with Gasteiger partial charge in [0.15, 0.2) is 5.13 Å². The lowest BCUT2D eigenvalue weighted by Gasteiger charge is -2.14. The number of thiazole rings is 1. The van der Waals surface area contributed by atoms with Gasteiger partial charge in [-0.25, -0.2) is 13.4 Å². The lowest BCUT2D eigenvalue weighted by Crippen LogP contribution is -2.19. The maximum Gasteiger partial charge on any atom is 0.261 e. The highest BCUT2D eigenvalue weighted by molar-refractivity contribution is 7.92. The number of sulfonamides is 1. The summed E-state index contributed by atoms with van der Waals surface area (Å²) in [5.74, 6) is -0.429. The molecule has 1 heterocycles. The molecule has 152 valence electrons. The lowest BCUT2D eigenvalue weighted by atomic mass is 9.93. The molecule has 0 fully saturated rings. The molecule has 0 bridgehead atoms. The molecule has 3 aromatic rings. The Balaban J connectivity index is 1.84. The molecule has 0 aliphatic carbocycles. The third-order valence-corrected chi connectivity index (χ3v) is 6.38. The fourth-order valence-corrected chi connectivity index (χ4v) is 4.54. The summed E-state index contributed by atoms with van der Waals surface area (Å²) in [4.78, 5) is 17.4. The molecule has 0 aliphatic heterocycles. The van der Waals surface area contributed by atoms with Crippen LogP contribution in [0.15, 0.2) is 58.8 Å². The zero-order valence-corrected chi connectivity index (χ0v) is 18.3. The molecule has 0 unspecified atom stereocenters. The van der Waals surface area contributed by atoms with Gasteiger partial charge in [0.05, 0.1) is 21.8 Å². The molecule has 1 aromatic heterocycles. The number of rotatable bonds is 5. The number of amides is 1. The van der Waals surface area contributed by atoms with E-state index in [2.05, 4.69) is 15.0 Å². The van der Waals surface area contributed by atoms with Crippen LogP contribution in [0.4, 0.5) is 10.8 Å². The van der Waals surface area contributed by atoms with Crippen LogP contribution in [0.2, 0.25) is 0 Å². The fourth-order valence-electron chi connectivity index (χ4n) is 2.53. The molecule has 2 aromatic carbocycles. The van der Waals surface area contributed by atoms with E-state index in [0.717, 1.165) is 11.3 Å². The standard InChI is InChI=1S/C21H23N3O3S2/c1-14-9-11-15(12-10-14)29(26,27)24-17-8-6-5-7-16(17)19(25)23-20-22-18(13-28-20)21(2,3)4/h5-13,24H,1-4H3,(H,22,23,25). The number of nitrogens with zero attached hydrogens (tertiary/aromatic N) is 1. The van der Waals surface area contributed by atoms with Crippen LogP contribution in [0, 0.1) is 6.92 Å². The quantitative estimate of drug-likeness (QED) is 0.610. The molecule has 29 heavy (non-hydrogen) atoms. The first-order valence-corrected chi connectivity index (χ1v) is 11.4. The van der Waals surface area contributed by atoms with Crippen LogP contribution in [0.5, 0.6) is 0 Å². The second-order valence-corrected chi connectivity index (χ2v) is 10.2. The first kappa shape index (κ1) is 21.0. The third-order valence-electron chi connectivity index (χ3n) is 4.24. The molecule has 0 atom stereocenters. The maximum atomic E-state index is 12.8. The Labute approximate surface area is 175 Å². The zero-order valence-electron chi connectivity index (χ0n) is 16.7. The van der Waals surface area contributed by atoms with Crippen LogP contribution in [0.3, 0.4) is 0 Å². The van der Waals surface area contributed by atoms with Crippen molar-refractivity contribution in [1.82, 2.24) is 4.98 Å². The summed E-state index contributed by atoms with van der Waals surface area (Å²) in [6.07, 6.45) is 0.